The molecule has 1 saturated carbocycles. The first-order valence-corrected chi connectivity index (χ1v) is 14.7. The predicted molar refractivity (Wildman–Crippen MR) is 147 cm³/mol. The van der Waals surface area contributed by atoms with Gasteiger partial charge in [-0.2, -0.15) is 11.8 Å². The number of thioether (sulfide) groups is 1. The van der Waals surface area contributed by atoms with Gasteiger partial charge in [0.1, 0.15) is 5.75 Å². The molecule has 198 valence electrons. The molecule has 6 nitrogen and oxygen atoms in total. The number of methoxy groups -OCH3 is 1. The average molecular weight is 515 g/mol. The Kier molecular flexibility index (Phi) is 10.3. The fourth-order valence-corrected chi connectivity index (χ4v) is 7.36. The molecule has 4 rings (SSSR count). The fourth-order valence-electron chi connectivity index (χ4n) is 6.06. The molecule has 1 aliphatic carbocycles. The SMILES string of the molecule is COc1ccc2nccc([C@H](O)CC[C@@H]3CCN(CCCSC4CCCC4)C[C@H]3CCC(=O)O)c2c1. The molecule has 0 unspecified atom stereocenters. The van der Waals surface area contributed by atoms with Gasteiger partial charge in [-0.25, -0.2) is 0 Å². The molecule has 3 atom stereocenters. The molecule has 2 fully saturated rings. The van der Waals surface area contributed by atoms with Crippen molar-refractivity contribution in [3.05, 3.63) is 36.0 Å². The van der Waals surface area contributed by atoms with Gasteiger partial charge in [0.05, 0.1) is 18.7 Å². The van der Waals surface area contributed by atoms with Gasteiger partial charge in [-0.05, 0) is 105 Å². The number of hydrogen-bond acceptors (Lipinski definition) is 6. The summed E-state index contributed by atoms with van der Waals surface area (Å²) in [5.41, 5.74) is 1.74. The maximum absolute atomic E-state index is 11.3. The first-order valence-electron chi connectivity index (χ1n) is 13.7. The molecule has 0 bridgehead atoms. The van der Waals surface area contributed by atoms with Gasteiger partial charge in [0.25, 0.3) is 0 Å². The van der Waals surface area contributed by atoms with Crippen molar-refractivity contribution in [1.82, 2.24) is 9.88 Å². The van der Waals surface area contributed by atoms with Crippen LogP contribution in [0.15, 0.2) is 30.5 Å². The molecular weight excluding hydrogens is 472 g/mol. The van der Waals surface area contributed by atoms with Crippen molar-refractivity contribution in [3.8, 4) is 5.75 Å². The van der Waals surface area contributed by atoms with E-state index >= 15 is 0 Å². The Bertz CT molecular complexity index is 981. The largest absolute Gasteiger partial charge is 0.497 e. The Morgan fingerprint density at radius 2 is 2.03 bits per heavy atom. The number of carboxylic acids is 1. The van der Waals surface area contributed by atoms with Gasteiger partial charge < -0.3 is 19.8 Å². The maximum atomic E-state index is 11.3. The van der Waals surface area contributed by atoms with Crippen LogP contribution in [0.1, 0.15) is 75.9 Å². The summed E-state index contributed by atoms with van der Waals surface area (Å²) in [5.74, 6) is 2.11. The Labute approximate surface area is 219 Å². The number of fused-ring (bicyclic) bond motifs is 1. The summed E-state index contributed by atoms with van der Waals surface area (Å²) in [6.07, 6.45) is 11.6. The number of ether oxygens (including phenoxy) is 1. The molecule has 1 aromatic heterocycles. The Morgan fingerprint density at radius 1 is 1.19 bits per heavy atom. The van der Waals surface area contributed by atoms with E-state index in [1.807, 2.05) is 24.3 Å². The van der Waals surface area contributed by atoms with Gasteiger partial charge in [-0.15, -0.1) is 0 Å². The van der Waals surface area contributed by atoms with Crippen LogP contribution in [0.2, 0.25) is 0 Å². The number of rotatable bonds is 13. The van der Waals surface area contributed by atoms with Gasteiger partial charge in [0.15, 0.2) is 0 Å². The van der Waals surface area contributed by atoms with Crippen LogP contribution in [-0.2, 0) is 4.79 Å². The summed E-state index contributed by atoms with van der Waals surface area (Å²) in [6.45, 7) is 3.18. The summed E-state index contributed by atoms with van der Waals surface area (Å²) < 4.78 is 5.38. The number of carbonyl (C=O) groups is 1. The van der Waals surface area contributed by atoms with Crippen LogP contribution in [0.5, 0.6) is 5.75 Å². The summed E-state index contributed by atoms with van der Waals surface area (Å²) in [5, 5.41) is 22.2. The predicted octanol–water partition coefficient (Wildman–Crippen LogP) is 5.93. The van der Waals surface area contributed by atoms with Gasteiger partial charge in [0.2, 0.25) is 0 Å². The number of piperidine rings is 1. The zero-order chi connectivity index (χ0) is 25.3. The van der Waals surface area contributed by atoms with Crippen molar-refractivity contribution in [2.24, 2.45) is 11.8 Å². The number of nitrogens with zero attached hydrogens (tertiary/aromatic N) is 2. The first-order chi connectivity index (χ1) is 17.5. The lowest BCUT2D eigenvalue weighted by Gasteiger charge is -2.39. The van der Waals surface area contributed by atoms with Crippen molar-refractivity contribution in [2.75, 3.05) is 32.5 Å². The van der Waals surface area contributed by atoms with Gasteiger partial charge in [-0.1, -0.05) is 12.8 Å². The highest BCUT2D eigenvalue weighted by Gasteiger charge is 2.30. The standard InChI is InChI=1S/C29H42N2O4S/c1-35-23-9-10-27-26(19-23)25(13-15-30-27)28(32)11-7-21-14-17-31(20-22(21)8-12-29(33)34)16-4-18-36-24-5-2-3-6-24/h9-10,13,15,19,21-22,24,28,32H,2-8,11-12,14,16-18,20H2,1H3,(H,33,34)/t21-,22-,28-/m1/s1. The van der Waals surface area contributed by atoms with Crippen molar-refractivity contribution in [3.63, 3.8) is 0 Å². The van der Waals surface area contributed by atoms with E-state index in [1.165, 1.54) is 37.9 Å². The topological polar surface area (TPSA) is 82.9 Å². The Hall–Kier alpha value is -1.83. The van der Waals surface area contributed by atoms with Crippen molar-refractivity contribution < 1.29 is 19.7 Å². The first kappa shape index (κ1) is 27.2. The average Bonchev–Trinajstić information content (AvgIpc) is 3.42. The fraction of sp³-hybridized carbons (Fsp3) is 0.655. The van der Waals surface area contributed by atoms with E-state index in [-0.39, 0.29) is 6.42 Å². The van der Waals surface area contributed by atoms with Crippen LogP contribution in [0.4, 0.5) is 0 Å². The third-order valence-corrected chi connectivity index (χ3v) is 9.60. The van der Waals surface area contributed by atoms with Crippen molar-refractivity contribution >= 4 is 28.6 Å². The van der Waals surface area contributed by atoms with E-state index in [0.717, 1.165) is 66.4 Å². The molecular formula is C29H42N2O4S. The summed E-state index contributed by atoms with van der Waals surface area (Å²) in [6, 6.07) is 7.66. The summed E-state index contributed by atoms with van der Waals surface area (Å²) in [4.78, 5) is 18.3. The van der Waals surface area contributed by atoms with Crippen molar-refractivity contribution in [2.45, 2.75) is 75.6 Å². The van der Waals surface area contributed by atoms with Crippen LogP contribution < -0.4 is 4.74 Å². The molecule has 2 N–H and O–H groups in total. The molecule has 0 radical (unpaired) electrons. The normalized spacial score (nSPS) is 22.2. The molecule has 1 saturated heterocycles. The zero-order valence-corrected chi connectivity index (χ0v) is 22.4. The second kappa shape index (κ2) is 13.6. The van der Waals surface area contributed by atoms with Crippen LogP contribution in [0.3, 0.4) is 0 Å². The number of benzene rings is 1. The number of hydrogen-bond donors (Lipinski definition) is 2. The van der Waals surface area contributed by atoms with Gasteiger partial charge in [0, 0.05) is 29.8 Å². The maximum Gasteiger partial charge on any atom is 0.303 e. The Morgan fingerprint density at radius 3 is 2.81 bits per heavy atom. The molecule has 2 aromatic rings. The Balaban J connectivity index is 1.31. The number of aliphatic carboxylic acids is 1. The lowest BCUT2D eigenvalue weighted by Crippen LogP contribution is -2.41. The van der Waals surface area contributed by atoms with E-state index in [2.05, 4.69) is 21.6 Å². The number of pyridine rings is 1. The zero-order valence-electron chi connectivity index (χ0n) is 21.6. The molecule has 0 spiro atoms. The van der Waals surface area contributed by atoms with E-state index in [0.29, 0.717) is 18.3 Å². The van der Waals surface area contributed by atoms with E-state index in [9.17, 15) is 15.0 Å². The molecule has 2 aliphatic rings. The van der Waals surface area contributed by atoms with Crippen LogP contribution in [0, 0.1) is 11.8 Å². The van der Waals surface area contributed by atoms with Gasteiger partial charge in [-0.3, -0.25) is 9.78 Å². The monoisotopic (exact) mass is 514 g/mol. The van der Waals surface area contributed by atoms with E-state index in [4.69, 9.17) is 4.74 Å². The molecule has 36 heavy (non-hydrogen) atoms. The third kappa shape index (κ3) is 7.59. The number of aliphatic hydroxyl groups excluding tert-OH is 1. The minimum absolute atomic E-state index is 0.226. The number of aromatic nitrogens is 1. The van der Waals surface area contributed by atoms with E-state index < -0.39 is 12.1 Å². The number of likely N-dealkylation sites (tertiary alicyclic amines) is 1. The second-order valence-electron chi connectivity index (χ2n) is 10.5. The summed E-state index contributed by atoms with van der Waals surface area (Å²) >= 11 is 2.16. The van der Waals surface area contributed by atoms with Crippen LogP contribution in [-0.4, -0.2) is 63.8 Å². The quantitative estimate of drug-likeness (QED) is 0.321. The lowest BCUT2D eigenvalue weighted by atomic mass is 9.79. The van der Waals surface area contributed by atoms with Gasteiger partial charge >= 0.3 is 5.97 Å². The molecule has 1 aliphatic heterocycles. The second-order valence-corrected chi connectivity index (χ2v) is 12.0. The van der Waals surface area contributed by atoms with E-state index in [1.54, 1.807) is 13.3 Å². The minimum atomic E-state index is -0.712. The molecule has 7 heteroatoms. The molecule has 0 amide bonds. The highest BCUT2D eigenvalue weighted by molar-refractivity contribution is 7.99. The lowest BCUT2D eigenvalue weighted by molar-refractivity contribution is -0.137. The van der Waals surface area contributed by atoms with Crippen LogP contribution >= 0.6 is 11.8 Å². The van der Waals surface area contributed by atoms with Crippen LogP contribution in [0.25, 0.3) is 10.9 Å². The minimum Gasteiger partial charge on any atom is -0.497 e. The highest BCUT2D eigenvalue weighted by atomic mass is 32.2. The van der Waals surface area contributed by atoms with Crippen molar-refractivity contribution in [1.29, 1.82) is 0 Å². The number of aliphatic hydroxyl groups is 1. The smallest absolute Gasteiger partial charge is 0.303 e. The molecule has 2 heterocycles. The summed E-state index contributed by atoms with van der Waals surface area (Å²) in [7, 11) is 1.64. The third-order valence-electron chi connectivity index (χ3n) is 8.13. The number of carboxylic acid groups (broad SMARTS) is 1. The highest BCUT2D eigenvalue weighted by Crippen LogP contribution is 2.35. The molecule has 1 aromatic carbocycles.